The van der Waals surface area contributed by atoms with Gasteiger partial charge in [0.1, 0.15) is 0 Å². The Morgan fingerprint density at radius 1 is 1.47 bits per heavy atom. The van der Waals surface area contributed by atoms with Gasteiger partial charge in [-0.25, -0.2) is 4.79 Å². The third kappa shape index (κ3) is 1.55. The summed E-state index contributed by atoms with van der Waals surface area (Å²) in [6.45, 7) is 1.24. The summed E-state index contributed by atoms with van der Waals surface area (Å²) >= 11 is 0. The number of rotatable bonds is 3. The first kappa shape index (κ1) is 9.92. The van der Waals surface area contributed by atoms with Crippen LogP contribution in [0.15, 0.2) is 23.3 Å². The second kappa shape index (κ2) is 3.86. The van der Waals surface area contributed by atoms with Gasteiger partial charge in [0.25, 0.3) is 0 Å². The summed E-state index contributed by atoms with van der Waals surface area (Å²) in [6.07, 6.45) is 4.20. The zero-order chi connectivity index (χ0) is 10.8. The maximum absolute atomic E-state index is 11.9. The van der Waals surface area contributed by atoms with Crippen molar-refractivity contribution in [3.8, 4) is 0 Å². The van der Waals surface area contributed by atoms with E-state index in [9.17, 15) is 4.79 Å². The minimum atomic E-state index is -0.00792. The fourth-order valence-corrected chi connectivity index (χ4v) is 1.72. The number of hydrogen-bond acceptors (Lipinski definition) is 3. The van der Waals surface area contributed by atoms with E-state index in [1.165, 1.54) is 0 Å². The minimum Gasteiger partial charge on any atom is -0.330 e. The Bertz CT molecular complexity index is 526. The molecule has 0 amide bonds. The summed E-state index contributed by atoms with van der Waals surface area (Å²) in [5.74, 6) is 0. The average molecular weight is 206 g/mol. The summed E-state index contributed by atoms with van der Waals surface area (Å²) in [5, 5.41) is 0. The molecule has 0 fully saturated rings. The number of pyridine rings is 1. The summed E-state index contributed by atoms with van der Waals surface area (Å²) in [5.41, 5.74) is 7.21. The first-order chi connectivity index (χ1) is 7.25. The molecule has 0 aromatic carbocycles. The van der Waals surface area contributed by atoms with Crippen molar-refractivity contribution in [2.24, 2.45) is 12.8 Å². The number of aromatic nitrogens is 3. The number of imidazole rings is 1. The standard InChI is InChI=1S/C10H14N4O/c1-13-8-3-5-12-7-9(8)14(10(13)15)6-2-4-11/h3,5,7H,2,4,6,11H2,1H3. The minimum absolute atomic E-state index is 0.00792. The molecule has 5 heteroatoms. The maximum Gasteiger partial charge on any atom is 0.328 e. The summed E-state index contributed by atoms with van der Waals surface area (Å²) in [7, 11) is 1.77. The fourth-order valence-electron chi connectivity index (χ4n) is 1.72. The molecule has 2 aromatic heterocycles. The molecular formula is C10H14N4O. The highest BCUT2D eigenvalue weighted by molar-refractivity contribution is 5.74. The molecule has 80 valence electrons. The van der Waals surface area contributed by atoms with Crippen LogP contribution in [-0.4, -0.2) is 20.7 Å². The van der Waals surface area contributed by atoms with Gasteiger partial charge in [0.2, 0.25) is 0 Å². The van der Waals surface area contributed by atoms with Gasteiger partial charge in [-0.05, 0) is 19.0 Å². The van der Waals surface area contributed by atoms with Crippen LogP contribution in [0.5, 0.6) is 0 Å². The quantitative estimate of drug-likeness (QED) is 0.773. The molecule has 2 rings (SSSR count). The van der Waals surface area contributed by atoms with E-state index in [0.29, 0.717) is 13.1 Å². The van der Waals surface area contributed by atoms with Crippen molar-refractivity contribution < 1.29 is 0 Å². The highest BCUT2D eigenvalue weighted by Crippen LogP contribution is 2.09. The number of hydrogen-bond donors (Lipinski definition) is 1. The van der Waals surface area contributed by atoms with Gasteiger partial charge >= 0.3 is 5.69 Å². The highest BCUT2D eigenvalue weighted by Gasteiger charge is 2.08. The molecule has 0 spiro atoms. The zero-order valence-electron chi connectivity index (χ0n) is 8.68. The lowest BCUT2D eigenvalue weighted by Crippen LogP contribution is -2.23. The van der Waals surface area contributed by atoms with E-state index in [1.807, 2.05) is 6.07 Å². The molecule has 0 saturated carbocycles. The molecule has 0 unspecified atom stereocenters. The number of nitrogens with zero attached hydrogens (tertiary/aromatic N) is 3. The Morgan fingerprint density at radius 2 is 2.27 bits per heavy atom. The van der Waals surface area contributed by atoms with Crippen LogP contribution in [0.3, 0.4) is 0 Å². The molecule has 2 heterocycles. The van der Waals surface area contributed by atoms with Gasteiger partial charge in [0.15, 0.2) is 0 Å². The monoisotopic (exact) mass is 206 g/mol. The third-order valence-electron chi connectivity index (χ3n) is 2.53. The van der Waals surface area contributed by atoms with E-state index in [1.54, 1.807) is 28.6 Å². The SMILES string of the molecule is Cn1c(=O)n(CCCN)c2cnccc21. The van der Waals surface area contributed by atoms with Crippen LogP contribution in [-0.2, 0) is 13.6 Å². The van der Waals surface area contributed by atoms with E-state index < -0.39 is 0 Å². The molecule has 0 aliphatic rings. The molecule has 0 radical (unpaired) electrons. The molecule has 15 heavy (non-hydrogen) atoms. The van der Waals surface area contributed by atoms with Gasteiger partial charge < -0.3 is 5.73 Å². The van der Waals surface area contributed by atoms with Crippen molar-refractivity contribution in [3.05, 3.63) is 28.9 Å². The van der Waals surface area contributed by atoms with Crippen molar-refractivity contribution in [3.63, 3.8) is 0 Å². The molecule has 2 aromatic rings. The van der Waals surface area contributed by atoms with E-state index in [-0.39, 0.29) is 5.69 Å². The van der Waals surface area contributed by atoms with Crippen LogP contribution in [0.25, 0.3) is 11.0 Å². The number of nitrogens with two attached hydrogens (primary N) is 1. The fraction of sp³-hybridized carbons (Fsp3) is 0.400. The molecule has 0 aliphatic heterocycles. The zero-order valence-corrected chi connectivity index (χ0v) is 8.68. The van der Waals surface area contributed by atoms with E-state index in [0.717, 1.165) is 17.5 Å². The van der Waals surface area contributed by atoms with Crippen LogP contribution < -0.4 is 11.4 Å². The summed E-state index contributed by atoms with van der Waals surface area (Å²) < 4.78 is 3.35. The summed E-state index contributed by atoms with van der Waals surface area (Å²) in [6, 6.07) is 1.84. The molecule has 0 bridgehead atoms. The first-order valence-electron chi connectivity index (χ1n) is 4.95. The summed E-state index contributed by atoms with van der Waals surface area (Å²) in [4.78, 5) is 15.9. The van der Waals surface area contributed by atoms with Gasteiger partial charge in [-0.15, -0.1) is 0 Å². The van der Waals surface area contributed by atoms with Crippen LogP contribution in [0, 0.1) is 0 Å². The van der Waals surface area contributed by atoms with Crippen LogP contribution in [0.4, 0.5) is 0 Å². The molecule has 0 aliphatic carbocycles. The molecule has 2 N–H and O–H groups in total. The molecule has 0 atom stereocenters. The Kier molecular flexibility index (Phi) is 2.55. The van der Waals surface area contributed by atoms with E-state index in [2.05, 4.69) is 4.98 Å². The lowest BCUT2D eigenvalue weighted by Gasteiger charge is -1.99. The largest absolute Gasteiger partial charge is 0.330 e. The second-order valence-electron chi connectivity index (χ2n) is 3.50. The Hall–Kier alpha value is -1.62. The lowest BCUT2D eigenvalue weighted by molar-refractivity contribution is 0.630. The second-order valence-corrected chi connectivity index (χ2v) is 3.50. The first-order valence-corrected chi connectivity index (χ1v) is 4.95. The van der Waals surface area contributed by atoms with Gasteiger partial charge in [-0.2, -0.15) is 0 Å². The predicted molar refractivity (Wildman–Crippen MR) is 58.6 cm³/mol. The molecule has 5 nitrogen and oxygen atoms in total. The molecule has 0 saturated heterocycles. The van der Waals surface area contributed by atoms with E-state index >= 15 is 0 Å². The highest BCUT2D eigenvalue weighted by atomic mass is 16.1. The topological polar surface area (TPSA) is 65.8 Å². The lowest BCUT2D eigenvalue weighted by atomic mass is 10.4. The van der Waals surface area contributed by atoms with Crippen LogP contribution in [0.1, 0.15) is 6.42 Å². The van der Waals surface area contributed by atoms with E-state index in [4.69, 9.17) is 5.73 Å². The Balaban J connectivity index is 2.62. The Labute approximate surface area is 87.1 Å². The molecular weight excluding hydrogens is 192 g/mol. The van der Waals surface area contributed by atoms with Gasteiger partial charge in [-0.3, -0.25) is 14.1 Å². The third-order valence-corrected chi connectivity index (χ3v) is 2.53. The van der Waals surface area contributed by atoms with Gasteiger partial charge in [0.05, 0.1) is 17.2 Å². The smallest absolute Gasteiger partial charge is 0.328 e. The number of aryl methyl sites for hydroxylation is 2. The van der Waals surface area contributed by atoms with Crippen molar-refractivity contribution in [2.45, 2.75) is 13.0 Å². The average Bonchev–Trinajstić information content (AvgIpc) is 2.51. The number of fused-ring (bicyclic) bond motifs is 1. The predicted octanol–water partition coefficient (Wildman–Crippen LogP) is 0.0838. The van der Waals surface area contributed by atoms with Crippen LogP contribution in [0.2, 0.25) is 0 Å². The van der Waals surface area contributed by atoms with Crippen molar-refractivity contribution in [2.75, 3.05) is 6.54 Å². The normalized spacial score (nSPS) is 11.1. The maximum atomic E-state index is 11.9. The van der Waals surface area contributed by atoms with Crippen molar-refractivity contribution >= 4 is 11.0 Å². The van der Waals surface area contributed by atoms with Crippen LogP contribution >= 0.6 is 0 Å². The van der Waals surface area contributed by atoms with Crippen molar-refractivity contribution in [1.82, 2.24) is 14.1 Å². The van der Waals surface area contributed by atoms with Gasteiger partial charge in [-0.1, -0.05) is 0 Å². The Morgan fingerprint density at radius 3 is 3.00 bits per heavy atom. The van der Waals surface area contributed by atoms with Crippen molar-refractivity contribution in [1.29, 1.82) is 0 Å². The van der Waals surface area contributed by atoms with Gasteiger partial charge in [0, 0.05) is 19.8 Å².